The van der Waals surface area contributed by atoms with E-state index >= 15 is 0 Å². The summed E-state index contributed by atoms with van der Waals surface area (Å²) in [5, 5.41) is 6.95. The van der Waals surface area contributed by atoms with E-state index in [4.69, 9.17) is 0 Å². The zero-order valence-corrected chi connectivity index (χ0v) is 16.5. The standard InChI is InChI=1S/C26H30N2/c1-2-18-27-20-22-13-15-23(16-14-22)21-28-19-17-26(24-9-5-3-6-10-24)25-11-7-4-8-12-25/h2-16,26-28H,1,17-21H2. The first-order valence-electron chi connectivity index (χ1n) is 10.1. The SMILES string of the molecule is C=CCNCc1ccc(CNCCC(c2ccccc2)c2ccccc2)cc1. The monoisotopic (exact) mass is 370 g/mol. The Balaban J connectivity index is 1.51. The second kappa shape index (κ2) is 11.2. The Labute approximate surface area is 169 Å². The van der Waals surface area contributed by atoms with Crippen LogP contribution in [0.1, 0.15) is 34.6 Å². The third-order valence-electron chi connectivity index (χ3n) is 4.98. The zero-order valence-electron chi connectivity index (χ0n) is 16.5. The topological polar surface area (TPSA) is 24.1 Å². The molecule has 0 heterocycles. The molecule has 2 nitrogen and oxygen atoms in total. The lowest BCUT2D eigenvalue weighted by atomic mass is 9.88. The first kappa shape index (κ1) is 20.1. The van der Waals surface area contributed by atoms with Crippen LogP contribution in [0.5, 0.6) is 0 Å². The summed E-state index contributed by atoms with van der Waals surface area (Å²) >= 11 is 0. The van der Waals surface area contributed by atoms with Crippen LogP contribution < -0.4 is 10.6 Å². The zero-order chi connectivity index (χ0) is 19.4. The van der Waals surface area contributed by atoms with Crippen LogP contribution in [0.3, 0.4) is 0 Å². The Morgan fingerprint density at radius 3 is 1.68 bits per heavy atom. The molecule has 0 aliphatic heterocycles. The van der Waals surface area contributed by atoms with Crippen molar-refractivity contribution in [3.63, 3.8) is 0 Å². The van der Waals surface area contributed by atoms with Crippen molar-refractivity contribution in [2.24, 2.45) is 0 Å². The minimum atomic E-state index is 0.424. The van der Waals surface area contributed by atoms with E-state index < -0.39 is 0 Å². The molecule has 2 heteroatoms. The highest BCUT2D eigenvalue weighted by molar-refractivity contribution is 5.32. The van der Waals surface area contributed by atoms with Gasteiger partial charge in [-0.25, -0.2) is 0 Å². The summed E-state index contributed by atoms with van der Waals surface area (Å²) in [6, 6.07) is 30.4. The van der Waals surface area contributed by atoms with Gasteiger partial charge in [0, 0.05) is 25.6 Å². The Kier molecular flexibility index (Phi) is 8.05. The minimum Gasteiger partial charge on any atom is -0.313 e. The number of nitrogens with one attached hydrogen (secondary N) is 2. The number of rotatable bonds is 11. The van der Waals surface area contributed by atoms with Crippen LogP contribution >= 0.6 is 0 Å². The molecule has 0 amide bonds. The molecule has 0 aliphatic rings. The molecule has 0 spiro atoms. The quantitative estimate of drug-likeness (QED) is 0.355. The molecule has 0 saturated carbocycles. The second-order valence-electron chi connectivity index (χ2n) is 7.08. The van der Waals surface area contributed by atoms with Crippen LogP contribution in [0, 0.1) is 0 Å². The number of hydrogen-bond acceptors (Lipinski definition) is 2. The third kappa shape index (κ3) is 6.19. The Morgan fingerprint density at radius 1 is 0.679 bits per heavy atom. The molecule has 0 fully saturated rings. The van der Waals surface area contributed by atoms with Gasteiger partial charge in [0.05, 0.1) is 0 Å². The van der Waals surface area contributed by atoms with E-state index in [2.05, 4.69) is 102 Å². The number of benzene rings is 3. The Hall–Kier alpha value is -2.68. The first-order chi connectivity index (χ1) is 13.9. The van der Waals surface area contributed by atoms with Crippen LogP contribution in [0.15, 0.2) is 97.6 Å². The van der Waals surface area contributed by atoms with Gasteiger partial charge in [0.15, 0.2) is 0 Å². The van der Waals surface area contributed by atoms with Crippen LogP contribution in [0.4, 0.5) is 0 Å². The highest BCUT2D eigenvalue weighted by Crippen LogP contribution is 2.27. The summed E-state index contributed by atoms with van der Waals surface area (Å²) in [7, 11) is 0. The normalized spacial score (nSPS) is 10.9. The van der Waals surface area contributed by atoms with Crippen LogP contribution in [0.25, 0.3) is 0 Å². The van der Waals surface area contributed by atoms with Gasteiger partial charge in [-0.1, -0.05) is 91.0 Å². The van der Waals surface area contributed by atoms with E-state index in [0.717, 1.165) is 32.6 Å². The Bertz CT molecular complexity index is 771. The maximum Gasteiger partial charge on any atom is 0.0208 e. The largest absolute Gasteiger partial charge is 0.313 e. The van der Waals surface area contributed by atoms with Gasteiger partial charge in [0.2, 0.25) is 0 Å². The van der Waals surface area contributed by atoms with Gasteiger partial charge < -0.3 is 10.6 Å². The summed E-state index contributed by atoms with van der Waals surface area (Å²) in [6.45, 7) is 7.34. The lowest BCUT2D eigenvalue weighted by Crippen LogP contribution is -2.18. The summed E-state index contributed by atoms with van der Waals surface area (Å²) in [6.07, 6.45) is 2.97. The maximum atomic E-state index is 3.73. The molecule has 0 atom stereocenters. The molecule has 3 aromatic carbocycles. The molecule has 28 heavy (non-hydrogen) atoms. The fourth-order valence-electron chi connectivity index (χ4n) is 3.47. The third-order valence-corrected chi connectivity index (χ3v) is 4.98. The van der Waals surface area contributed by atoms with Crippen molar-refractivity contribution in [1.82, 2.24) is 10.6 Å². The van der Waals surface area contributed by atoms with Crippen molar-refractivity contribution in [3.05, 3.63) is 120 Å². The first-order valence-corrected chi connectivity index (χ1v) is 10.1. The van der Waals surface area contributed by atoms with E-state index in [1.54, 1.807) is 0 Å². The average molecular weight is 371 g/mol. The fraction of sp³-hybridized carbons (Fsp3) is 0.231. The molecule has 0 bridgehead atoms. The number of hydrogen-bond donors (Lipinski definition) is 2. The van der Waals surface area contributed by atoms with Crippen LogP contribution in [-0.2, 0) is 13.1 Å². The predicted molar refractivity (Wildman–Crippen MR) is 119 cm³/mol. The van der Waals surface area contributed by atoms with Crippen molar-refractivity contribution in [3.8, 4) is 0 Å². The second-order valence-corrected chi connectivity index (χ2v) is 7.08. The lowest BCUT2D eigenvalue weighted by Gasteiger charge is -2.18. The van der Waals surface area contributed by atoms with Crippen LogP contribution in [0.2, 0.25) is 0 Å². The minimum absolute atomic E-state index is 0.424. The van der Waals surface area contributed by atoms with Crippen LogP contribution in [-0.4, -0.2) is 13.1 Å². The van der Waals surface area contributed by atoms with Crippen molar-refractivity contribution in [2.75, 3.05) is 13.1 Å². The average Bonchev–Trinajstić information content (AvgIpc) is 2.76. The fourth-order valence-corrected chi connectivity index (χ4v) is 3.47. The molecule has 2 N–H and O–H groups in total. The van der Waals surface area contributed by atoms with E-state index in [1.807, 2.05) is 6.08 Å². The molecule has 0 unspecified atom stereocenters. The molecule has 0 aliphatic carbocycles. The van der Waals surface area contributed by atoms with Gasteiger partial charge >= 0.3 is 0 Å². The van der Waals surface area contributed by atoms with E-state index in [9.17, 15) is 0 Å². The van der Waals surface area contributed by atoms with E-state index in [0.29, 0.717) is 5.92 Å². The van der Waals surface area contributed by atoms with Crippen molar-refractivity contribution in [1.29, 1.82) is 0 Å². The molecule has 0 radical (unpaired) electrons. The van der Waals surface area contributed by atoms with Gasteiger partial charge in [0.1, 0.15) is 0 Å². The summed E-state index contributed by atoms with van der Waals surface area (Å²) in [5.74, 6) is 0.424. The van der Waals surface area contributed by atoms with Gasteiger partial charge in [0.25, 0.3) is 0 Å². The van der Waals surface area contributed by atoms with Crippen molar-refractivity contribution in [2.45, 2.75) is 25.4 Å². The molecule has 3 rings (SSSR count). The maximum absolute atomic E-state index is 3.73. The molecular formula is C26H30N2. The lowest BCUT2D eigenvalue weighted by molar-refractivity contribution is 0.611. The molecule has 3 aromatic rings. The van der Waals surface area contributed by atoms with Gasteiger partial charge in [-0.05, 0) is 35.2 Å². The molecular weight excluding hydrogens is 340 g/mol. The molecule has 0 saturated heterocycles. The van der Waals surface area contributed by atoms with E-state index in [1.165, 1.54) is 22.3 Å². The van der Waals surface area contributed by atoms with Gasteiger partial charge in [-0.2, -0.15) is 0 Å². The summed E-state index contributed by atoms with van der Waals surface area (Å²) in [5.41, 5.74) is 5.39. The highest BCUT2D eigenvalue weighted by Gasteiger charge is 2.13. The van der Waals surface area contributed by atoms with E-state index in [-0.39, 0.29) is 0 Å². The smallest absolute Gasteiger partial charge is 0.0208 e. The molecule has 144 valence electrons. The van der Waals surface area contributed by atoms with Gasteiger partial charge in [-0.3, -0.25) is 0 Å². The summed E-state index contributed by atoms with van der Waals surface area (Å²) < 4.78 is 0. The highest BCUT2D eigenvalue weighted by atomic mass is 14.8. The predicted octanol–water partition coefficient (Wildman–Crippen LogP) is 5.27. The molecule has 0 aromatic heterocycles. The summed E-state index contributed by atoms with van der Waals surface area (Å²) in [4.78, 5) is 0. The van der Waals surface area contributed by atoms with Crippen molar-refractivity contribution < 1.29 is 0 Å². The Morgan fingerprint density at radius 2 is 1.18 bits per heavy atom. The van der Waals surface area contributed by atoms with Gasteiger partial charge in [-0.15, -0.1) is 6.58 Å². The van der Waals surface area contributed by atoms with Crippen molar-refractivity contribution >= 4 is 0 Å².